The Kier molecular flexibility index (Phi) is 4.44. The van der Waals surface area contributed by atoms with Crippen molar-refractivity contribution in [3.63, 3.8) is 0 Å². The van der Waals surface area contributed by atoms with Crippen molar-refractivity contribution in [1.82, 2.24) is 5.01 Å². The van der Waals surface area contributed by atoms with Gasteiger partial charge in [0.15, 0.2) is 5.84 Å². The van der Waals surface area contributed by atoms with Crippen LogP contribution in [0.1, 0.15) is 29.5 Å². The summed E-state index contributed by atoms with van der Waals surface area (Å²) in [7, 11) is 0. The molecule has 0 bridgehead atoms. The molecule has 0 saturated heterocycles. The van der Waals surface area contributed by atoms with Crippen LogP contribution in [-0.2, 0) is 4.79 Å². The zero-order valence-electron chi connectivity index (χ0n) is 14.7. The summed E-state index contributed by atoms with van der Waals surface area (Å²) in [4.78, 5) is 27.5. The number of carboxylic acids is 1. The summed E-state index contributed by atoms with van der Waals surface area (Å²) in [6, 6.07) is 9.69. The third-order valence-electron chi connectivity index (χ3n) is 4.11. The first-order valence-electron chi connectivity index (χ1n) is 8.39. The molecule has 0 spiro atoms. The zero-order valence-corrected chi connectivity index (χ0v) is 15.5. The van der Waals surface area contributed by atoms with Gasteiger partial charge in [-0.3, -0.25) is 10.2 Å². The van der Waals surface area contributed by atoms with Crippen LogP contribution in [0.5, 0.6) is 0 Å². The second-order valence-electron chi connectivity index (χ2n) is 5.96. The number of thioether (sulfide) groups is 1. The molecule has 9 heteroatoms. The molecule has 0 atom stereocenters. The van der Waals surface area contributed by atoms with Crippen molar-refractivity contribution in [2.45, 2.75) is 13.3 Å². The van der Waals surface area contributed by atoms with Crippen molar-refractivity contribution >= 4 is 45.8 Å². The number of carbonyl (C=O) groups excluding carboxylic acids is 1. The van der Waals surface area contributed by atoms with E-state index in [-0.39, 0.29) is 17.0 Å². The molecule has 2 aromatic rings. The predicted molar refractivity (Wildman–Crippen MR) is 106 cm³/mol. The fraction of sp³-hybridized carbons (Fsp3) is 0.105. The van der Waals surface area contributed by atoms with Crippen LogP contribution in [-0.4, -0.2) is 38.0 Å². The third kappa shape index (κ3) is 3.16. The molecule has 2 N–H and O–H groups in total. The van der Waals surface area contributed by atoms with E-state index in [1.807, 2.05) is 6.92 Å². The van der Waals surface area contributed by atoms with Gasteiger partial charge in [-0.25, -0.2) is 4.79 Å². The Labute approximate surface area is 163 Å². The molecule has 0 fully saturated rings. The first-order valence-corrected chi connectivity index (χ1v) is 9.20. The van der Waals surface area contributed by atoms with Gasteiger partial charge in [-0.1, -0.05) is 19.1 Å². The number of amidine groups is 2. The molecule has 2 aliphatic rings. The Morgan fingerprint density at radius 1 is 1.36 bits per heavy atom. The van der Waals surface area contributed by atoms with Crippen LogP contribution in [0.15, 0.2) is 56.5 Å². The average Bonchev–Trinajstić information content (AvgIpc) is 3.32. The Balaban J connectivity index is 1.65. The van der Waals surface area contributed by atoms with Gasteiger partial charge < -0.3 is 9.52 Å². The van der Waals surface area contributed by atoms with Crippen molar-refractivity contribution in [3.8, 4) is 11.3 Å². The van der Waals surface area contributed by atoms with Crippen molar-refractivity contribution < 1.29 is 19.1 Å². The number of hydrogen-bond donors (Lipinski definition) is 2. The molecule has 8 nitrogen and oxygen atoms in total. The van der Waals surface area contributed by atoms with Crippen molar-refractivity contribution in [1.29, 1.82) is 5.41 Å². The molecule has 0 aliphatic carbocycles. The van der Waals surface area contributed by atoms with Crippen molar-refractivity contribution in [2.75, 3.05) is 0 Å². The van der Waals surface area contributed by atoms with E-state index in [4.69, 9.17) is 14.9 Å². The van der Waals surface area contributed by atoms with Crippen LogP contribution in [0, 0.1) is 5.41 Å². The molecule has 0 saturated carbocycles. The first kappa shape index (κ1) is 17.9. The number of carbonyl (C=O) groups is 2. The summed E-state index contributed by atoms with van der Waals surface area (Å²) in [6.45, 7) is 1.94. The molecule has 0 unspecified atom stereocenters. The highest BCUT2D eigenvalue weighted by molar-refractivity contribution is 8.26. The smallest absolute Gasteiger partial charge is 0.335 e. The SMILES string of the molecule is CCC1=NN2C(=N)C(=Cc3ccc(-c4cccc(C(=O)O)c4)o3)C(=O)N=C2S1. The number of amides is 1. The van der Waals surface area contributed by atoms with Gasteiger partial charge in [-0.15, -0.1) is 0 Å². The summed E-state index contributed by atoms with van der Waals surface area (Å²) >= 11 is 1.28. The highest BCUT2D eigenvalue weighted by Gasteiger charge is 2.35. The molecular formula is C19H14N4O4S. The number of furan rings is 1. The van der Waals surface area contributed by atoms with Gasteiger partial charge in [-0.05, 0) is 48.5 Å². The van der Waals surface area contributed by atoms with E-state index >= 15 is 0 Å². The lowest BCUT2D eigenvalue weighted by atomic mass is 10.1. The minimum absolute atomic E-state index is 0.0585. The normalized spacial score (nSPS) is 17.6. The lowest BCUT2D eigenvalue weighted by Gasteiger charge is -2.19. The van der Waals surface area contributed by atoms with Gasteiger partial charge in [0.2, 0.25) is 5.17 Å². The van der Waals surface area contributed by atoms with E-state index in [0.29, 0.717) is 28.7 Å². The van der Waals surface area contributed by atoms with Gasteiger partial charge in [0.25, 0.3) is 5.91 Å². The van der Waals surface area contributed by atoms with Crippen LogP contribution in [0.25, 0.3) is 17.4 Å². The fourth-order valence-corrected chi connectivity index (χ4v) is 3.53. The minimum Gasteiger partial charge on any atom is -0.478 e. The molecule has 1 amide bonds. The fourth-order valence-electron chi connectivity index (χ4n) is 2.71. The number of aliphatic imine (C=N–C) groups is 1. The Morgan fingerprint density at radius 2 is 2.18 bits per heavy atom. The predicted octanol–water partition coefficient (Wildman–Crippen LogP) is 3.67. The van der Waals surface area contributed by atoms with Crippen molar-refractivity contribution in [2.24, 2.45) is 10.1 Å². The third-order valence-corrected chi connectivity index (χ3v) is 5.16. The zero-order chi connectivity index (χ0) is 19.8. The number of rotatable bonds is 4. The quantitative estimate of drug-likeness (QED) is 0.764. The van der Waals surface area contributed by atoms with E-state index in [1.54, 1.807) is 24.3 Å². The largest absolute Gasteiger partial charge is 0.478 e. The number of aromatic carboxylic acids is 1. The van der Waals surface area contributed by atoms with Crippen LogP contribution in [0.3, 0.4) is 0 Å². The van der Waals surface area contributed by atoms with Gasteiger partial charge in [0, 0.05) is 5.56 Å². The Hall–Kier alpha value is -3.46. The summed E-state index contributed by atoms with van der Waals surface area (Å²) in [6.07, 6.45) is 2.14. The summed E-state index contributed by atoms with van der Waals surface area (Å²) in [5.74, 6) is -0.800. The summed E-state index contributed by atoms with van der Waals surface area (Å²) in [5, 5.41) is 24.2. The second-order valence-corrected chi connectivity index (χ2v) is 7.00. The van der Waals surface area contributed by atoms with E-state index in [2.05, 4.69) is 10.1 Å². The maximum absolute atomic E-state index is 12.3. The van der Waals surface area contributed by atoms with E-state index < -0.39 is 11.9 Å². The number of nitrogens with zero attached hydrogens (tertiary/aromatic N) is 3. The van der Waals surface area contributed by atoms with Gasteiger partial charge in [0.1, 0.15) is 16.6 Å². The van der Waals surface area contributed by atoms with Gasteiger partial charge >= 0.3 is 5.97 Å². The van der Waals surface area contributed by atoms with Gasteiger partial charge in [-0.2, -0.15) is 15.1 Å². The topological polar surface area (TPSA) is 119 Å². The summed E-state index contributed by atoms with van der Waals surface area (Å²) < 4.78 is 5.73. The Morgan fingerprint density at radius 3 is 2.93 bits per heavy atom. The van der Waals surface area contributed by atoms with Crippen LogP contribution >= 0.6 is 11.8 Å². The number of carboxylic acid groups (broad SMARTS) is 1. The number of hydrogen-bond acceptors (Lipinski definition) is 6. The van der Waals surface area contributed by atoms with E-state index in [9.17, 15) is 9.59 Å². The minimum atomic E-state index is -1.03. The maximum atomic E-state index is 12.3. The van der Waals surface area contributed by atoms with Crippen molar-refractivity contribution in [3.05, 3.63) is 53.3 Å². The lowest BCUT2D eigenvalue weighted by molar-refractivity contribution is -0.114. The molecular weight excluding hydrogens is 380 g/mol. The first-order chi connectivity index (χ1) is 13.5. The molecule has 1 aromatic heterocycles. The highest BCUT2D eigenvalue weighted by Crippen LogP contribution is 2.30. The van der Waals surface area contributed by atoms with Gasteiger partial charge in [0.05, 0.1) is 11.1 Å². The molecule has 140 valence electrons. The van der Waals surface area contributed by atoms with Crippen LogP contribution in [0.4, 0.5) is 0 Å². The van der Waals surface area contributed by atoms with Crippen LogP contribution < -0.4 is 0 Å². The number of fused-ring (bicyclic) bond motifs is 1. The summed E-state index contributed by atoms with van der Waals surface area (Å²) in [5.41, 5.74) is 0.824. The molecule has 4 rings (SSSR count). The number of hydrazone groups is 1. The molecule has 28 heavy (non-hydrogen) atoms. The molecule has 1 aromatic carbocycles. The van der Waals surface area contributed by atoms with Crippen LogP contribution in [0.2, 0.25) is 0 Å². The molecule has 2 aliphatic heterocycles. The highest BCUT2D eigenvalue weighted by atomic mass is 32.2. The number of nitrogens with one attached hydrogen (secondary N) is 1. The second kappa shape index (κ2) is 6.93. The lowest BCUT2D eigenvalue weighted by Crippen LogP contribution is -2.35. The average molecular weight is 394 g/mol. The van der Waals surface area contributed by atoms with E-state index in [0.717, 1.165) is 5.04 Å². The molecule has 3 heterocycles. The molecule has 0 radical (unpaired) electrons. The Bertz CT molecular complexity index is 1110. The maximum Gasteiger partial charge on any atom is 0.335 e. The standard InChI is InChI=1S/C19H14N4O4S/c1-2-15-22-23-16(20)13(17(24)21-19(23)28-15)9-12-6-7-14(27-12)10-4-3-5-11(8-10)18(25)26/h3-9,20H,2H2,1H3,(H,25,26). The monoisotopic (exact) mass is 394 g/mol. The number of benzene rings is 1. The van der Waals surface area contributed by atoms with E-state index in [1.165, 1.54) is 35.0 Å².